The molecule has 0 spiro atoms. The lowest BCUT2D eigenvalue weighted by molar-refractivity contribution is -0.384. The molecule has 0 amide bonds. The Hall–Kier alpha value is -2.46. The quantitative estimate of drug-likeness (QED) is 0.397. The first kappa shape index (κ1) is 20.3. The molecule has 12 heteroatoms. The Morgan fingerprint density at radius 3 is 2.25 bits per heavy atom. The summed E-state index contributed by atoms with van der Waals surface area (Å²) in [7, 11) is -1.72. The van der Waals surface area contributed by atoms with Crippen LogP contribution in [0.15, 0.2) is 53.7 Å². The van der Waals surface area contributed by atoms with E-state index in [-0.39, 0.29) is 43.1 Å². The van der Waals surface area contributed by atoms with E-state index < -0.39 is 15.9 Å². The number of anilines is 1. The van der Waals surface area contributed by atoms with E-state index in [2.05, 4.69) is 14.7 Å². The van der Waals surface area contributed by atoms with Gasteiger partial charge < -0.3 is 4.74 Å². The number of non-ortho nitro benzene ring substituents is 1. The molecule has 0 aliphatic heterocycles. The summed E-state index contributed by atoms with van der Waals surface area (Å²) in [5.41, 5.74) is -0.186. The second-order valence-electron chi connectivity index (χ2n) is 5.13. The predicted octanol–water partition coefficient (Wildman–Crippen LogP) is 5.27. The fourth-order valence-corrected chi connectivity index (χ4v) is 3.78. The number of ether oxygens (including phenoxy) is 1. The topological polar surface area (TPSA) is 107 Å². The van der Waals surface area contributed by atoms with Gasteiger partial charge in [0.2, 0.25) is 5.95 Å². The maximum atomic E-state index is 12.4. The van der Waals surface area contributed by atoms with Gasteiger partial charge in [0, 0.05) is 24.5 Å². The Morgan fingerprint density at radius 2 is 1.68 bits per heavy atom. The molecule has 28 heavy (non-hydrogen) atoms. The molecular formula is C16H9Cl3N4O4S. The highest BCUT2D eigenvalue weighted by atomic mass is 35.5. The van der Waals surface area contributed by atoms with E-state index in [1.807, 2.05) is 0 Å². The van der Waals surface area contributed by atoms with E-state index >= 15 is 0 Å². The lowest BCUT2D eigenvalue weighted by Gasteiger charge is -2.12. The Kier molecular flexibility index (Phi) is 6.30. The Balaban J connectivity index is 1.84. The number of rotatable bonds is 6. The van der Waals surface area contributed by atoms with Gasteiger partial charge in [-0.3, -0.25) is 14.8 Å². The molecule has 8 nitrogen and oxygen atoms in total. The van der Waals surface area contributed by atoms with E-state index in [1.165, 1.54) is 36.7 Å². The fourth-order valence-electron chi connectivity index (χ4n) is 2.03. The van der Waals surface area contributed by atoms with Gasteiger partial charge in [-0.15, -0.1) is 0 Å². The lowest BCUT2D eigenvalue weighted by Crippen LogP contribution is -2.07. The third-order valence-corrected chi connectivity index (χ3v) is 5.16. The largest absolute Gasteiger partial charge is 0.453 e. The second-order valence-corrected chi connectivity index (χ2v) is 7.57. The molecule has 0 saturated heterocycles. The molecule has 1 atom stereocenters. The Labute approximate surface area is 176 Å². The monoisotopic (exact) mass is 458 g/mol. The van der Waals surface area contributed by atoms with Gasteiger partial charge in [0.25, 0.3) is 5.69 Å². The average molecular weight is 460 g/mol. The number of aromatic nitrogens is 2. The van der Waals surface area contributed by atoms with Crippen LogP contribution in [0.5, 0.6) is 11.5 Å². The van der Waals surface area contributed by atoms with Gasteiger partial charge in [-0.2, -0.15) is 0 Å². The van der Waals surface area contributed by atoms with Crippen LogP contribution in [-0.4, -0.2) is 19.1 Å². The van der Waals surface area contributed by atoms with Crippen molar-refractivity contribution in [2.75, 3.05) is 4.72 Å². The highest BCUT2D eigenvalue weighted by molar-refractivity contribution is 7.86. The number of hydrogen-bond donors (Lipinski definition) is 1. The van der Waals surface area contributed by atoms with Crippen LogP contribution in [0.1, 0.15) is 0 Å². The molecule has 0 bridgehead atoms. The Morgan fingerprint density at radius 1 is 1.04 bits per heavy atom. The molecule has 0 saturated carbocycles. The maximum absolute atomic E-state index is 12.4. The third-order valence-electron chi connectivity index (χ3n) is 3.27. The summed E-state index contributed by atoms with van der Waals surface area (Å²) in [6, 6.07) is 8.12. The van der Waals surface area contributed by atoms with Crippen LogP contribution in [-0.2, 0) is 11.0 Å². The second kappa shape index (κ2) is 8.70. The van der Waals surface area contributed by atoms with Crippen molar-refractivity contribution >= 4 is 57.4 Å². The highest BCUT2D eigenvalue weighted by Crippen LogP contribution is 2.40. The first-order valence-electron chi connectivity index (χ1n) is 7.41. The van der Waals surface area contributed by atoms with Crippen LogP contribution < -0.4 is 9.46 Å². The van der Waals surface area contributed by atoms with Crippen molar-refractivity contribution in [3.8, 4) is 11.5 Å². The van der Waals surface area contributed by atoms with E-state index in [0.717, 1.165) is 6.07 Å². The fraction of sp³-hybridized carbons (Fsp3) is 0. The normalized spacial score (nSPS) is 11.7. The molecule has 144 valence electrons. The maximum Gasteiger partial charge on any atom is 0.271 e. The summed E-state index contributed by atoms with van der Waals surface area (Å²) in [5, 5.41) is 10.9. The molecule has 3 rings (SSSR count). The average Bonchev–Trinajstić information content (AvgIpc) is 2.66. The first-order valence-corrected chi connectivity index (χ1v) is 9.70. The number of nitrogens with zero attached hydrogens (tertiary/aromatic N) is 3. The summed E-state index contributed by atoms with van der Waals surface area (Å²) < 4.78 is 20.6. The van der Waals surface area contributed by atoms with Crippen molar-refractivity contribution in [1.82, 2.24) is 9.97 Å². The minimum Gasteiger partial charge on any atom is -0.453 e. The summed E-state index contributed by atoms with van der Waals surface area (Å²) in [6.45, 7) is 0. The molecule has 1 unspecified atom stereocenters. The molecule has 0 aliphatic rings. The standard InChI is InChI=1S/C16H9Cl3N4O4S/c17-11-6-9(23(24)25)2-3-14(11)27-15-12(18)7-10(8-13(15)19)28(26)22-16-20-4-1-5-21-16/h1-8H,(H,20,21,22). The van der Waals surface area contributed by atoms with Gasteiger partial charge in [-0.25, -0.2) is 14.2 Å². The molecule has 3 aromatic rings. The third kappa shape index (κ3) is 4.68. The molecule has 1 heterocycles. The number of nitro groups is 1. The van der Waals surface area contributed by atoms with Gasteiger partial charge in [0.05, 0.1) is 24.9 Å². The summed E-state index contributed by atoms with van der Waals surface area (Å²) in [6.07, 6.45) is 2.99. The zero-order chi connectivity index (χ0) is 20.3. The van der Waals surface area contributed by atoms with Crippen LogP contribution in [0.4, 0.5) is 11.6 Å². The summed E-state index contributed by atoms with van der Waals surface area (Å²) in [5.74, 6) is 0.364. The predicted molar refractivity (Wildman–Crippen MR) is 107 cm³/mol. The van der Waals surface area contributed by atoms with Gasteiger partial charge in [0.1, 0.15) is 5.75 Å². The zero-order valence-electron chi connectivity index (χ0n) is 13.6. The van der Waals surface area contributed by atoms with Gasteiger partial charge >= 0.3 is 0 Å². The van der Waals surface area contributed by atoms with E-state index in [0.29, 0.717) is 0 Å². The molecule has 1 aromatic heterocycles. The van der Waals surface area contributed by atoms with Crippen LogP contribution >= 0.6 is 34.8 Å². The lowest BCUT2D eigenvalue weighted by atomic mass is 10.3. The minimum absolute atomic E-state index is 0.0110. The molecule has 0 radical (unpaired) electrons. The molecule has 1 N–H and O–H groups in total. The molecular weight excluding hydrogens is 451 g/mol. The van der Waals surface area contributed by atoms with E-state index in [9.17, 15) is 14.3 Å². The number of benzene rings is 2. The van der Waals surface area contributed by atoms with E-state index in [4.69, 9.17) is 39.5 Å². The first-order chi connectivity index (χ1) is 13.3. The molecule has 0 aliphatic carbocycles. The van der Waals surface area contributed by atoms with Crippen LogP contribution in [0, 0.1) is 10.1 Å². The Bertz CT molecular complexity index is 1050. The van der Waals surface area contributed by atoms with E-state index in [1.54, 1.807) is 6.07 Å². The van der Waals surface area contributed by atoms with Crippen molar-refractivity contribution in [2.45, 2.75) is 4.90 Å². The SMILES string of the molecule is O=[N+]([O-])c1ccc(Oc2c(Cl)cc(S(=O)Nc3ncccn3)cc2Cl)c(Cl)c1. The van der Waals surface area contributed by atoms with Crippen molar-refractivity contribution in [1.29, 1.82) is 0 Å². The van der Waals surface area contributed by atoms with Crippen LogP contribution in [0.2, 0.25) is 15.1 Å². The number of hydrogen-bond acceptors (Lipinski definition) is 6. The highest BCUT2D eigenvalue weighted by Gasteiger charge is 2.17. The van der Waals surface area contributed by atoms with Gasteiger partial charge in [-0.05, 0) is 24.3 Å². The smallest absolute Gasteiger partial charge is 0.271 e. The molecule has 2 aromatic carbocycles. The summed E-state index contributed by atoms with van der Waals surface area (Å²) in [4.78, 5) is 18.3. The number of nitro benzene ring substituents is 1. The number of halogens is 3. The van der Waals surface area contributed by atoms with Crippen molar-refractivity contribution in [3.05, 3.63) is 74.0 Å². The number of nitrogens with one attached hydrogen (secondary N) is 1. The van der Waals surface area contributed by atoms with Crippen LogP contribution in [0.25, 0.3) is 0 Å². The minimum atomic E-state index is -1.72. The van der Waals surface area contributed by atoms with Crippen molar-refractivity contribution in [3.63, 3.8) is 0 Å². The van der Waals surface area contributed by atoms with Crippen molar-refractivity contribution < 1.29 is 13.9 Å². The van der Waals surface area contributed by atoms with Gasteiger partial charge in [-0.1, -0.05) is 34.8 Å². The van der Waals surface area contributed by atoms with Crippen molar-refractivity contribution in [2.24, 2.45) is 0 Å². The van der Waals surface area contributed by atoms with Gasteiger partial charge in [0.15, 0.2) is 16.7 Å². The van der Waals surface area contributed by atoms with Crippen LogP contribution in [0.3, 0.4) is 0 Å². The zero-order valence-corrected chi connectivity index (χ0v) is 16.7. The molecule has 0 fully saturated rings. The summed E-state index contributed by atoms with van der Waals surface area (Å²) >= 11 is 18.4.